The summed E-state index contributed by atoms with van der Waals surface area (Å²) in [6.07, 6.45) is 1.54. The third-order valence-electron chi connectivity index (χ3n) is 6.55. The molecule has 4 fully saturated rings. The lowest BCUT2D eigenvalue weighted by Crippen LogP contribution is -2.58. The lowest BCUT2D eigenvalue weighted by molar-refractivity contribution is -0.140. The number of hydrogen-bond acceptors (Lipinski definition) is 4. The number of benzene rings is 1. The number of nitrogens with zero attached hydrogens (tertiary/aromatic N) is 2. The molecule has 0 aromatic heterocycles. The van der Waals surface area contributed by atoms with E-state index in [1.807, 2.05) is 9.80 Å². The summed E-state index contributed by atoms with van der Waals surface area (Å²) in [7, 11) is 0. The van der Waals surface area contributed by atoms with Crippen LogP contribution in [0.2, 0.25) is 0 Å². The van der Waals surface area contributed by atoms with Crippen LogP contribution in [0.3, 0.4) is 0 Å². The molecule has 1 aromatic rings. The zero-order valence-corrected chi connectivity index (χ0v) is 15.5. The van der Waals surface area contributed by atoms with E-state index in [0.29, 0.717) is 24.8 Å². The van der Waals surface area contributed by atoms with Crippen molar-refractivity contribution in [2.24, 2.45) is 5.92 Å². The van der Waals surface area contributed by atoms with Crippen molar-refractivity contribution in [3.63, 3.8) is 0 Å². The Labute approximate surface area is 159 Å². The van der Waals surface area contributed by atoms with E-state index in [2.05, 4.69) is 24.3 Å². The fourth-order valence-corrected chi connectivity index (χ4v) is 4.67. The van der Waals surface area contributed by atoms with Crippen LogP contribution in [0.5, 0.6) is 0 Å². The summed E-state index contributed by atoms with van der Waals surface area (Å²) in [6, 6.07) is 8.94. The van der Waals surface area contributed by atoms with Crippen LogP contribution in [-0.4, -0.2) is 73.7 Å². The Morgan fingerprint density at radius 3 is 2.33 bits per heavy atom. The predicted octanol–water partition coefficient (Wildman–Crippen LogP) is 2.00. The number of amides is 2. The van der Waals surface area contributed by atoms with Crippen molar-refractivity contribution in [1.29, 1.82) is 0 Å². The number of Topliss-reactive ketones (excluding diaryl/α,β-unsaturated/α-hetero) is 1. The number of hydrogen-bond donors (Lipinski definition) is 0. The van der Waals surface area contributed by atoms with Gasteiger partial charge in [-0.1, -0.05) is 24.3 Å². The molecule has 4 aliphatic rings. The maximum absolute atomic E-state index is 12.8. The zero-order chi connectivity index (χ0) is 18.4. The number of ether oxygens (including phenoxy) is 2. The van der Waals surface area contributed by atoms with Crippen LogP contribution in [-0.2, 0) is 14.3 Å². The summed E-state index contributed by atoms with van der Waals surface area (Å²) in [5.74, 6) is 1.31. The van der Waals surface area contributed by atoms with Crippen LogP contribution in [0.1, 0.15) is 35.8 Å². The van der Waals surface area contributed by atoms with Crippen molar-refractivity contribution in [1.82, 2.24) is 9.80 Å². The molecule has 2 atom stereocenters. The van der Waals surface area contributed by atoms with Gasteiger partial charge in [-0.25, -0.2) is 4.79 Å². The molecule has 4 heterocycles. The quantitative estimate of drug-likeness (QED) is 0.799. The first-order chi connectivity index (χ1) is 13.2. The van der Waals surface area contributed by atoms with Gasteiger partial charge in [0.15, 0.2) is 5.78 Å². The Kier molecular flexibility index (Phi) is 4.40. The molecule has 6 heteroatoms. The molecule has 0 N–H and O–H groups in total. The molecule has 0 bridgehead atoms. The van der Waals surface area contributed by atoms with E-state index in [0.717, 1.165) is 39.3 Å². The minimum atomic E-state index is 0.117. The molecule has 5 rings (SSSR count). The van der Waals surface area contributed by atoms with Gasteiger partial charge in [0, 0.05) is 50.4 Å². The zero-order valence-electron chi connectivity index (χ0n) is 15.5. The predicted molar refractivity (Wildman–Crippen MR) is 98.8 cm³/mol. The van der Waals surface area contributed by atoms with E-state index < -0.39 is 0 Å². The van der Waals surface area contributed by atoms with E-state index in [1.54, 1.807) is 0 Å². The minimum Gasteiger partial charge on any atom is -0.380 e. The normalized spacial score (nSPS) is 29.1. The molecule has 2 amide bonds. The Bertz CT molecular complexity index is 724. The van der Waals surface area contributed by atoms with Crippen LogP contribution in [0.4, 0.5) is 4.79 Å². The van der Waals surface area contributed by atoms with Gasteiger partial charge in [0.25, 0.3) is 0 Å². The molecule has 4 saturated heterocycles. The number of urea groups is 1. The number of ketones is 1. The molecule has 0 saturated carbocycles. The smallest absolute Gasteiger partial charge is 0.320 e. The van der Waals surface area contributed by atoms with Gasteiger partial charge in [-0.05, 0) is 17.5 Å². The second-order valence-corrected chi connectivity index (χ2v) is 8.37. The second kappa shape index (κ2) is 6.91. The average molecular weight is 370 g/mol. The van der Waals surface area contributed by atoms with Crippen LogP contribution in [0, 0.1) is 5.92 Å². The lowest BCUT2D eigenvalue weighted by Gasteiger charge is -2.46. The molecular formula is C21H26N2O4. The summed E-state index contributed by atoms with van der Waals surface area (Å²) in [6.45, 7) is 4.85. The van der Waals surface area contributed by atoms with Crippen LogP contribution in [0.25, 0.3) is 0 Å². The molecular weight excluding hydrogens is 344 g/mol. The molecule has 0 spiro atoms. The first-order valence-electron chi connectivity index (χ1n) is 10.0. The molecule has 0 radical (unpaired) electrons. The number of rotatable bonds is 2. The van der Waals surface area contributed by atoms with Gasteiger partial charge in [-0.15, -0.1) is 0 Å². The van der Waals surface area contributed by atoms with Crippen molar-refractivity contribution >= 4 is 11.8 Å². The third kappa shape index (κ3) is 3.25. The summed E-state index contributed by atoms with van der Waals surface area (Å²) >= 11 is 0. The highest BCUT2D eigenvalue weighted by Gasteiger charge is 2.40. The third-order valence-corrected chi connectivity index (χ3v) is 6.55. The maximum atomic E-state index is 12.8. The molecule has 144 valence electrons. The highest BCUT2D eigenvalue weighted by molar-refractivity contribution is 5.81. The summed E-state index contributed by atoms with van der Waals surface area (Å²) < 4.78 is 10.9. The maximum Gasteiger partial charge on any atom is 0.320 e. The van der Waals surface area contributed by atoms with Gasteiger partial charge < -0.3 is 19.3 Å². The van der Waals surface area contributed by atoms with E-state index in [9.17, 15) is 9.59 Å². The first kappa shape index (κ1) is 17.2. The largest absolute Gasteiger partial charge is 0.380 e. The van der Waals surface area contributed by atoms with Crippen molar-refractivity contribution in [3.8, 4) is 0 Å². The fourth-order valence-electron chi connectivity index (χ4n) is 4.67. The van der Waals surface area contributed by atoms with Crippen molar-refractivity contribution < 1.29 is 19.1 Å². The van der Waals surface area contributed by atoms with Gasteiger partial charge in [-0.2, -0.15) is 0 Å². The molecule has 1 aromatic carbocycles. The first-order valence-corrected chi connectivity index (χ1v) is 10.0. The number of piperidine rings is 1. The van der Waals surface area contributed by atoms with Crippen molar-refractivity contribution in [2.45, 2.75) is 30.8 Å². The number of carbonyl (C=O) groups excluding carboxylic acids is 2. The minimum absolute atomic E-state index is 0.117. The van der Waals surface area contributed by atoms with Crippen LogP contribution in [0.15, 0.2) is 24.3 Å². The Morgan fingerprint density at radius 1 is 0.963 bits per heavy atom. The summed E-state index contributed by atoms with van der Waals surface area (Å²) in [5, 5.41) is 0. The highest BCUT2D eigenvalue weighted by Crippen LogP contribution is 2.32. The number of fused-ring (bicyclic) bond motifs is 1. The van der Waals surface area contributed by atoms with E-state index in [4.69, 9.17) is 9.47 Å². The number of likely N-dealkylation sites (tertiary alicyclic amines) is 2. The Hall–Kier alpha value is -1.92. The second-order valence-electron chi connectivity index (χ2n) is 8.37. The van der Waals surface area contributed by atoms with Gasteiger partial charge in [0.1, 0.15) is 6.61 Å². The topological polar surface area (TPSA) is 59.1 Å². The SMILES string of the molecule is O=C1CO[C@H]2CCN(C(=O)N3CC(c4ccc(C5COC5)cc4)C3)C[C@H]2C1. The van der Waals surface area contributed by atoms with Crippen LogP contribution < -0.4 is 0 Å². The number of carbonyl (C=O) groups is 2. The standard InChI is InChI=1S/C21H26N2O4/c24-19-7-16-8-22(6-5-20(16)27-13-19)21(25)23-9-17(10-23)14-1-3-15(4-2-14)18-11-26-12-18/h1-4,16-18,20H,5-13H2/t16-,20+/m1/s1. The van der Waals surface area contributed by atoms with E-state index >= 15 is 0 Å². The van der Waals surface area contributed by atoms with Crippen molar-refractivity contribution in [2.75, 3.05) is 46.0 Å². The molecule has 4 aliphatic heterocycles. The van der Waals surface area contributed by atoms with E-state index in [1.165, 1.54) is 11.1 Å². The van der Waals surface area contributed by atoms with Gasteiger partial charge >= 0.3 is 6.03 Å². The highest BCUT2D eigenvalue weighted by atomic mass is 16.5. The summed E-state index contributed by atoms with van der Waals surface area (Å²) in [4.78, 5) is 28.3. The van der Waals surface area contributed by atoms with Gasteiger partial charge in [0.2, 0.25) is 0 Å². The molecule has 6 nitrogen and oxygen atoms in total. The average Bonchev–Trinajstić information content (AvgIpc) is 2.59. The fraction of sp³-hybridized carbons (Fsp3) is 0.619. The van der Waals surface area contributed by atoms with Gasteiger partial charge in [-0.3, -0.25) is 4.79 Å². The monoisotopic (exact) mass is 370 g/mol. The molecule has 0 aliphatic carbocycles. The van der Waals surface area contributed by atoms with E-state index in [-0.39, 0.29) is 30.4 Å². The summed E-state index contributed by atoms with van der Waals surface area (Å²) in [5.41, 5.74) is 2.66. The Morgan fingerprint density at radius 2 is 1.67 bits per heavy atom. The lowest BCUT2D eigenvalue weighted by atomic mass is 9.87. The van der Waals surface area contributed by atoms with Crippen LogP contribution >= 0.6 is 0 Å². The van der Waals surface area contributed by atoms with Crippen molar-refractivity contribution in [3.05, 3.63) is 35.4 Å². The van der Waals surface area contributed by atoms with Gasteiger partial charge in [0.05, 0.1) is 19.3 Å². The Balaban J connectivity index is 1.15. The molecule has 27 heavy (non-hydrogen) atoms. The molecule has 0 unspecified atom stereocenters.